The molecule has 12 rings (SSSR count). The molecule has 7 heteroatoms. The highest BCUT2D eigenvalue weighted by atomic mass is 19.4. The molecule has 0 saturated heterocycles. The Hall–Kier alpha value is -9.43. The van der Waals surface area contributed by atoms with Crippen molar-refractivity contribution in [2.75, 3.05) is 0 Å². The quantitative estimate of drug-likeness (QED) is 0.147. The number of alkyl halides is 3. The smallest absolute Gasteiger partial charge is 0.309 e. The van der Waals surface area contributed by atoms with E-state index in [-0.39, 0.29) is 5.69 Å². The fourth-order valence-electron chi connectivity index (χ4n) is 12.2. The van der Waals surface area contributed by atoms with Crippen LogP contribution in [0.15, 0.2) is 176 Å². The van der Waals surface area contributed by atoms with Crippen molar-refractivity contribution in [3.05, 3.63) is 243 Å². The Kier molecular flexibility index (Phi) is 11.8. The lowest BCUT2D eigenvalue weighted by Gasteiger charge is -2.22. The van der Waals surface area contributed by atoms with Crippen LogP contribution in [0, 0.1) is 73.3 Å². The van der Waals surface area contributed by atoms with Gasteiger partial charge in [0.2, 0.25) is 0 Å². The lowest BCUT2D eigenvalue weighted by Crippen LogP contribution is -2.07. The zero-order valence-corrected chi connectivity index (χ0v) is 44.7. The van der Waals surface area contributed by atoms with Crippen molar-refractivity contribution < 1.29 is 13.2 Å². The number of aryl methyl sites for hydroxylation is 8. The molecule has 12 aromatic rings. The summed E-state index contributed by atoms with van der Waals surface area (Å²) in [5.74, 6) is 0. The molecule has 0 unspecified atom stereocenters. The van der Waals surface area contributed by atoms with E-state index < -0.39 is 11.7 Å². The molecule has 0 spiro atoms. The number of benzene rings is 10. The molecule has 0 fully saturated rings. The van der Waals surface area contributed by atoms with Gasteiger partial charge in [0.15, 0.2) is 5.69 Å². The van der Waals surface area contributed by atoms with Gasteiger partial charge in [0.1, 0.15) is 0 Å². The molecule has 4 nitrogen and oxygen atoms in total. The van der Waals surface area contributed by atoms with Crippen molar-refractivity contribution in [2.45, 2.75) is 61.6 Å². The van der Waals surface area contributed by atoms with E-state index in [0.717, 1.165) is 145 Å². The summed E-state index contributed by atoms with van der Waals surface area (Å²) in [7, 11) is 0. The molecule has 0 radical (unpaired) electrons. The Balaban J connectivity index is 1.28. The van der Waals surface area contributed by atoms with E-state index in [1.54, 1.807) is 0 Å². The molecule has 0 aliphatic heterocycles. The molecule has 0 bridgehead atoms. The minimum absolute atomic E-state index is 0.169. The van der Waals surface area contributed by atoms with Gasteiger partial charge in [0, 0.05) is 32.7 Å². The van der Waals surface area contributed by atoms with Crippen molar-refractivity contribution in [1.82, 2.24) is 9.13 Å². The Morgan fingerprint density at radius 1 is 0.385 bits per heavy atom. The summed E-state index contributed by atoms with van der Waals surface area (Å²) in [4.78, 5) is 3.91. The van der Waals surface area contributed by atoms with Crippen LogP contribution in [0.3, 0.4) is 0 Å². The summed E-state index contributed by atoms with van der Waals surface area (Å²) < 4.78 is 48.8. The van der Waals surface area contributed by atoms with Crippen molar-refractivity contribution in [3.8, 4) is 73.1 Å². The molecule has 0 amide bonds. The maximum absolute atomic E-state index is 14.8. The molecule has 78 heavy (non-hydrogen) atoms. The monoisotopic (exact) mass is 1020 g/mol. The number of hydrogen-bond donors (Lipinski definition) is 0. The highest BCUT2D eigenvalue weighted by Gasteiger charge is 2.32. The first kappa shape index (κ1) is 49.4. The van der Waals surface area contributed by atoms with Crippen LogP contribution in [-0.2, 0) is 6.18 Å². The van der Waals surface area contributed by atoms with Crippen LogP contribution >= 0.6 is 0 Å². The van der Waals surface area contributed by atoms with Crippen LogP contribution in [0.5, 0.6) is 0 Å². The van der Waals surface area contributed by atoms with E-state index >= 15 is 0 Å². The number of fused-ring (bicyclic) bond motifs is 6. The van der Waals surface area contributed by atoms with Gasteiger partial charge in [-0.2, -0.15) is 18.4 Å². The van der Waals surface area contributed by atoms with Crippen LogP contribution in [0.1, 0.15) is 55.6 Å². The van der Waals surface area contributed by atoms with E-state index in [1.807, 2.05) is 12.1 Å². The number of rotatable bonds is 7. The molecule has 378 valence electrons. The largest absolute Gasteiger partial charge is 0.415 e. The Morgan fingerprint density at radius 2 is 0.692 bits per heavy atom. The Morgan fingerprint density at radius 3 is 0.962 bits per heavy atom. The Bertz CT molecular complexity index is 4060. The second-order valence-corrected chi connectivity index (χ2v) is 21.4. The zero-order valence-electron chi connectivity index (χ0n) is 44.7. The number of nitrogens with zero attached hydrogens (tertiary/aromatic N) is 4. The van der Waals surface area contributed by atoms with Crippen LogP contribution < -0.4 is 0 Å². The molecule has 10 aromatic carbocycles. The van der Waals surface area contributed by atoms with Gasteiger partial charge < -0.3 is 9.13 Å². The van der Waals surface area contributed by atoms with E-state index in [4.69, 9.17) is 6.57 Å². The van der Waals surface area contributed by atoms with Gasteiger partial charge >= 0.3 is 6.18 Å². The highest BCUT2D eigenvalue weighted by Crippen LogP contribution is 2.48. The number of aromatic nitrogens is 2. The van der Waals surface area contributed by atoms with Crippen molar-refractivity contribution >= 4 is 49.3 Å². The standard InChI is InChI=1S/C71H53F3N4/c1-40-20-41(2)25-53(24-40)49-10-15-58-59-16-11-50(54-26-42(3)21-43(4)27-54)35-65(59)77(64(58)34-49)68-32-48(39-75)33-69(70(68)62-19-14-57(71(72,73)74)38-63(62)76-9)78-66-36-51(55-28-44(5)22-45(6)29-55)12-17-60(66)61-18-13-52(37-67(61)78)56-30-46(7)23-47(8)31-56/h10-38H,1-8H3. The third-order valence-electron chi connectivity index (χ3n) is 15.2. The molecule has 0 aliphatic rings. The summed E-state index contributed by atoms with van der Waals surface area (Å²) in [5, 5.41) is 15.2. The van der Waals surface area contributed by atoms with Gasteiger partial charge in [-0.15, -0.1) is 0 Å². The predicted molar refractivity (Wildman–Crippen MR) is 316 cm³/mol. The Labute approximate surface area is 452 Å². The lowest BCUT2D eigenvalue weighted by molar-refractivity contribution is -0.137. The maximum Gasteiger partial charge on any atom is 0.415 e. The molecule has 0 atom stereocenters. The summed E-state index contributed by atoms with van der Waals surface area (Å²) in [6.07, 6.45) is -4.71. The lowest BCUT2D eigenvalue weighted by atomic mass is 9.95. The molecule has 2 heterocycles. The van der Waals surface area contributed by atoms with Crippen molar-refractivity contribution in [2.24, 2.45) is 0 Å². The van der Waals surface area contributed by atoms with Crippen LogP contribution in [0.25, 0.3) is 115 Å². The minimum Gasteiger partial charge on any atom is -0.309 e. The maximum atomic E-state index is 14.8. The molecule has 2 aromatic heterocycles. The molecule has 0 saturated carbocycles. The van der Waals surface area contributed by atoms with Gasteiger partial charge in [-0.25, -0.2) is 4.85 Å². The summed E-state index contributed by atoms with van der Waals surface area (Å²) >= 11 is 0. The first-order valence-electron chi connectivity index (χ1n) is 26.1. The van der Waals surface area contributed by atoms with Crippen LogP contribution in [0.2, 0.25) is 0 Å². The number of nitriles is 1. The fraction of sp³-hybridized carbons (Fsp3) is 0.127. The van der Waals surface area contributed by atoms with E-state index in [9.17, 15) is 18.4 Å². The topological polar surface area (TPSA) is 38.0 Å². The average Bonchev–Trinajstić information content (AvgIpc) is 3.94. The average molecular weight is 1020 g/mol. The SMILES string of the molecule is [C-]#[N+]c1cc(C(F)(F)F)ccc1-c1c(-n2c3cc(-c4cc(C)cc(C)c4)ccc3c3ccc(-c4cc(C)cc(C)c4)cc32)cc(C#N)cc1-n1c2cc(-c3cc(C)cc(C)c3)ccc2c2ccc(-c3cc(C)cc(C)c3)cc21. The molecular weight excluding hydrogens is 966 g/mol. The third kappa shape index (κ3) is 8.68. The van der Waals surface area contributed by atoms with E-state index in [2.05, 4.69) is 221 Å². The van der Waals surface area contributed by atoms with Gasteiger partial charge in [0.05, 0.1) is 51.6 Å². The van der Waals surface area contributed by atoms with Crippen molar-refractivity contribution in [1.29, 1.82) is 5.26 Å². The second kappa shape index (κ2) is 18.7. The van der Waals surface area contributed by atoms with Gasteiger partial charge in [0.25, 0.3) is 0 Å². The van der Waals surface area contributed by atoms with E-state index in [1.165, 1.54) is 6.07 Å². The normalized spacial score (nSPS) is 11.8. The van der Waals surface area contributed by atoms with Crippen molar-refractivity contribution in [3.63, 3.8) is 0 Å². The zero-order chi connectivity index (χ0) is 54.5. The minimum atomic E-state index is -4.71. The van der Waals surface area contributed by atoms with Gasteiger partial charge in [-0.1, -0.05) is 178 Å². The van der Waals surface area contributed by atoms with Crippen LogP contribution in [-0.4, -0.2) is 9.13 Å². The summed E-state index contributed by atoms with van der Waals surface area (Å²) in [5.41, 5.74) is 21.5. The first-order chi connectivity index (χ1) is 37.4. The van der Waals surface area contributed by atoms with Crippen LogP contribution in [0.4, 0.5) is 18.9 Å². The highest BCUT2D eigenvalue weighted by molar-refractivity contribution is 6.14. The third-order valence-corrected chi connectivity index (χ3v) is 15.2. The fourth-order valence-corrected chi connectivity index (χ4v) is 12.2. The predicted octanol–water partition coefficient (Wildman–Crippen LogP) is 20.1. The summed E-state index contributed by atoms with van der Waals surface area (Å²) in [6.45, 7) is 25.4. The number of hydrogen-bond acceptors (Lipinski definition) is 1. The molecule has 0 aliphatic carbocycles. The number of halogens is 3. The summed E-state index contributed by atoms with van der Waals surface area (Å²) in [6, 6.07) is 61.5. The second-order valence-electron chi connectivity index (χ2n) is 21.4. The van der Waals surface area contributed by atoms with E-state index in [0.29, 0.717) is 28.1 Å². The van der Waals surface area contributed by atoms with Gasteiger partial charge in [-0.3, -0.25) is 0 Å². The van der Waals surface area contributed by atoms with Gasteiger partial charge in [-0.05, 0) is 148 Å². The first-order valence-corrected chi connectivity index (χ1v) is 26.1. The molecular formula is C71H53F3N4. The molecule has 0 N–H and O–H groups in total.